The number of carbonyl (C=O) groups excluding carboxylic acids is 1. The van der Waals surface area contributed by atoms with Crippen LogP contribution >= 0.6 is 0 Å². The van der Waals surface area contributed by atoms with Crippen LogP contribution in [0.4, 0.5) is 0 Å². The predicted octanol–water partition coefficient (Wildman–Crippen LogP) is 1.80. The molecule has 0 unspecified atom stereocenters. The van der Waals surface area contributed by atoms with Crippen molar-refractivity contribution in [2.75, 3.05) is 32.9 Å². The Balaban J connectivity index is 1.50. The van der Waals surface area contributed by atoms with E-state index in [1.165, 1.54) is 0 Å². The first-order chi connectivity index (χ1) is 12.7. The van der Waals surface area contributed by atoms with Gasteiger partial charge in [-0.1, -0.05) is 18.9 Å². The monoisotopic (exact) mass is 360 g/mol. The van der Waals surface area contributed by atoms with Crippen molar-refractivity contribution in [2.45, 2.75) is 50.1 Å². The third kappa shape index (κ3) is 3.40. The third-order valence-electron chi connectivity index (χ3n) is 5.99. The molecule has 0 radical (unpaired) electrons. The summed E-state index contributed by atoms with van der Waals surface area (Å²) in [5, 5.41) is 12.8. The van der Waals surface area contributed by atoms with Crippen LogP contribution < -0.4 is 14.8 Å². The molecule has 1 atom stereocenters. The molecule has 4 rings (SSSR count). The lowest BCUT2D eigenvalue weighted by molar-refractivity contribution is -0.124. The molecular weight excluding hydrogens is 332 g/mol. The Hall–Kier alpha value is -1.79. The number of aliphatic hydroxyl groups is 1. The van der Waals surface area contributed by atoms with E-state index >= 15 is 0 Å². The minimum atomic E-state index is -0.318. The Labute approximate surface area is 154 Å². The smallest absolute Gasteiger partial charge is 0.234 e. The summed E-state index contributed by atoms with van der Waals surface area (Å²) in [7, 11) is 0. The quantitative estimate of drug-likeness (QED) is 0.838. The van der Waals surface area contributed by atoms with E-state index in [0.717, 1.165) is 62.1 Å². The molecule has 1 aliphatic carbocycles. The lowest BCUT2D eigenvalue weighted by Gasteiger charge is -2.33. The van der Waals surface area contributed by atoms with Gasteiger partial charge in [-0.05, 0) is 49.9 Å². The van der Waals surface area contributed by atoms with Crippen molar-refractivity contribution < 1.29 is 19.4 Å². The number of nitrogens with zero attached hydrogens (tertiary/aromatic N) is 1. The van der Waals surface area contributed by atoms with Crippen molar-refractivity contribution in [3.8, 4) is 11.5 Å². The highest BCUT2D eigenvalue weighted by Crippen LogP contribution is 2.42. The number of aliphatic hydroxyl groups excluding tert-OH is 1. The van der Waals surface area contributed by atoms with E-state index in [1.807, 2.05) is 12.1 Å². The lowest BCUT2D eigenvalue weighted by Crippen LogP contribution is -2.49. The third-order valence-corrected chi connectivity index (χ3v) is 5.99. The van der Waals surface area contributed by atoms with Gasteiger partial charge in [0.05, 0.1) is 18.7 Å². The summed E-state index contributed by atoms with van der Waals surface area (Å²) in [5.74, 6) is 1.60. The Morgan fingerprint density at radius 1 is 1.19 bits per heavy atom. The normalized spacial score (nSPS) is 24.6. The highest BCUT2D eigenvalue weighted by molar-refractivity contribution is 5.79. The molecule has 1 aromatic rings. The van der Waals surface area contributed by atoms with Gasteiger partial charge in [-0.15, -0.1) is 0 Å². The van der Waals surface area contributed by atoms with Gasteiger partial charge in [0.1, 0.15) is 13.2 Å². The van der Waals surface area contributed by atoms with Gasteiger partial charge >= 0.3 is 0 Å². The van der Waals surface area contributed by atoms with Crippen LogP contribution in [0.25, 0.3) is 0 Å². The molecule has 0 bridgehead atoms. The minimum absolute atomic E-state index is 0.0436. The number of carbonyl (C=O) groups is 1. The molecule has 2 aliphatic heterocycles. The molecule has 1 saturated carbocycles. The number of hydrogen-bond donors (Lipinski definition) is 2. The molecule has 2 N–H and O–H groups in total. The summed E-state index contributed by atoms with van der Waals surface area (Å²) in [6.07, 6.45) is 6.13. The summed E-state index contributed by atoms with van der Waals surface area (Å²) in [4.78, 5) is 14.9. The van der Waals surface area contributed by atoms with E-state index in [4.69, 9.17) is 9.47 Å². The van der Waals surface area contributed by atoms with E-state index in [2.05, 4.69) is 16.3 Å². The van der Waals surface area contributed by atoms with Crippen LogP contribution in [0.3, 0.4) is 0 Å². The number of benzene rings is 1. The highest BCUT2D eigenvalue weighted by atomic mass is 16.6. The first-order valence-electron chi connectivity index (χ1n) is 9.76. The predicted molar refractivity (Wildman–Crippen MR) is 97.4 cm³/mol. The SMILES string of the molecule is O=C(CN1CCC[C@@H]1CO)NC1(c2ccc3c(c2)OCCO3)CCCC1. The standard InChI is InChI=1S/C20H28N2O4/c23-14-16-4-3-9-22(16)13-19(24)21-20(7-1-2-8-20)15-5-6-17-18(12-15)26-11-10-25-17/h5-6,12,16,23H,1-4,7-11,13-14H2,(H,21,24)/t16-/m1/s1. The Bertz CT molecular complexity index is 657. The number of amides is 1. The van der Waals surface area contributed by atoms with E-state index in [0.29, 0.717) is 19.8 Å². The zero-order chi connectivity index (χ0) is 18.0. The molecule has 3 aliphatic rings. The largest absolute Gasteiger partial charge is 0.486 e. The van der Waals surface area contributed by atoms with Gasteiger partial charge in [0.15, 0.2) is 11.5 Å². The van der Waals surface area contributed by atoms with Crippen molar-refractivity contribution in [1.82, 2.24) is 10.2 Å². The van der Waals surface area contributed by atoms with Crippen LogP contribution in [-0.4, -0.2) is 54.9 Å². The average molecular weight is 360 g/mol. The number of fused-ring (bicyclic) bond motifs is 1. The molecule has 6 nitrogen and oxygen atoms in total. The molecule has 1 amide bonds. The van der Waals surface area contributed by atoms with Crippen LogP contribution in [-0.2, 0) is 10.3 Å². The second-order valence-electron chi connectivity index (χ2n) is 7.64. The van der Waals surface area contributed by atoms with Gasteiger partial charge < -0.3 is 19.9 Å². The van der Waals surface area contributed by atoms with Crippen LogP contribution in [0.15, 0.2) is 18.2 Å². The molecular formula is C20H28N2O4. The Morgan fingerprint density at radius 2 is 1.96 bits per heavy atom. The number of rotatable bonds is 5. The molecule has 26 heavy (non-hydrogen) atoms. The zero-order valence-electron chi connectivity index (χ0n) is 15.2. The first-order valence-corrected chi connectivity index (χ1v) is 9.76. The van der Waals surface area contributed by atoms with E-state index < -0.39 is 0 Å². The summed E-state index contributed by atoms with van der Waals surface area (Å²) in [6, 6.07) is 6.17. The molecule has 1 aromatic carbocycles. The summed E-state index contributed by atoms with van der Waals surface area (Å²) in [5.41, 5.74) is 0.786. The van der Waals surface area contributed by atoms with E-state index in [-0.39, 0.29) is 24.1 Å². The maximum Gasteiger partial charge on any atom is 0.234 e. The second kappa shape index (κ2) is 7.45. The van der Waals surface area contributed by atoms with Crippen LogP contribution in [0.2, 0.25) is 0 Å². The average Bonchev–Trinajstić information content (AvgIpc) is 3.31. The number of ether oxygens (including phenoxy) is 2. The van der Waals surface area contributed by atoms with Crippen molar-refractivity contribution in [3.63, 3.8) is 0 Å². The Morgan fingerprint density at radius 3 is 2.73 bits per heavy atom. The zero-order valence-corrected chi connectivity index (χ0v) is 15.2. The first kappa shape index (κ1) is 17.6. The van der Waals surface area contributed by atoms with Crippen molar-refractivity contribution in [1.29, 1.82) is 0 Å². The minimum Gasteiger partial charge on any atom is -0.486 e. The van der Waals surface area contributed by atoms with Crippen molar-refractivity contribution >= 4 is 5.91 Å². The van der Waals surface area contributed by atoms with Gasteiger partial charge in [0, 0.05) is 6.04 Å². The van der Waals surface area contributed by atoms with Gasteiger partial charge in [0.25, 0.3) is 0 Å². The maximum absolute atomic E-state index is 12.8. The van der Waals surface area contributed by atoms with Gasteiger partial charge in [0.2, 0.25) is 5.91 Å². The van der Waals surface area contributed by atoms with Gasteiger partial charge in [-0.2, -0.15) is 0 Å². The molecule has 142 valence electrons. The molecule has 0 aromatic heterocycles. The topological polar surface area (TPSA) is 71.0 Å². The summed E-state index contributed by atoms with van der Waals surface area (Å²) in [6.45, 7) is 2.51. The van der Waals surface area contributed by atoms with Gasteiger partial charge in [-0.3, -0.25) is 9.69 Å². The van der Waals surface area contributed by atoms with Crippen molar-refractivity contribution in [2.24, 2.45) is 0 Å². The van der Waals surface area contributed by atoms with Crippen LogP contribution in [0.5, 0.6) is 11.5 Å². The molecule has 1 saturated heterocycles. The fourth-order valence-electron chi connectivity index (χ4n) is 4.61. The number of likely N-dealkylation sites (tertiary alicyclic amines) is 1. The molecule has 2 heterocycles. The molecule has 2 fully saturated rings. The second-order valence-corrected chi connectivity index (χ2v) is 7.64. The van der Waals surface area contributed by atoms with Gasteiger partial charge in [-0.25, -0.2) is 0 Å². The van der Waals surface area contributed by atoms with E-state index in [1.54, 1.807) is 0 Å². The Kier molecular flexibility index (Phi) is 5.05. The van der Waals surface area contributed by atoms with Crippen LogP contribution in [0, 0.1) is 0 Å². The molecule has 0 spiro atoms. The maximum atomic E-state index is 12.8. The van der Waals surface area contributed by atoms with Crippen LogP contribution in [0.1, 0.15) is 44.1 Å². The highest BCUT2D eigenvalue weighted by Gasteiger charge is 2.38. The number of nitrogens with one attached hydrogen (secondary N) is 1. The van der Waals surface area contributed by atoms with Crippen molar-refractivity contribution in [3.05, 3.63) is 23.8 Å². The molecule has 6 heteroatoms. The summed E-state index contributed by atoms with van der Waals surface area (Å²) < 4.78 is 11.4. The fraction of sp³-hybridized carbons (Fsp3) is 0.650. The van der Waals surface area contributed by atoms with E-state index in [9.17, 15) is 9.90 Å². The fourth-order valence-corrected chi connectivity index (χ4v) is 4.61. The summed E-state index contributed by atoms with van der Waals surface area (Å²) >= 11 is 0. The lowest BCUT2D eigenvalue weighted by atomic mass is 9.87. The number of hydrogen-bond acceptors (Lipinski definition) is 5.